The maximum atomic E-state index is 13.2. The second kappa shape index (κ2) is 7.26. The SMILES string of the molecule is CC1CCN(C(=O)C2=CN(c3ccc(Cl)cc3)c3ccccc3S2(=O)=O)CC1. The summed E-state index contributed by atoms with van der Waals surface area (Å²) in [6, 6.07) is 13.8. The number of carbonyl (C=O) groups excluding carboxylic acids is 1. The summed E-state index contributed by atoms with van der Waals surface area (Å²) in [7, 11) is -3.89. The molecule has 4 rings (SSSR count). The van der Waals surface area contributed by atoms with Crippen LogP contribution in [-0.2, 0) is 14.6 Å². The summed E-state index contributed by atoms with van der Waals surface area (Å²) in [6.45, 7) is 3.31. The second-order valence-corrected chi connectivity index (χ2v) is 9.61. The van der Waals surface area contributed by atoms with E-state index in [4.69, 9.17) is 11.6 Å². The third-order valence-electron chi connectivity index (χ3n) is 5.34. The number of amides is 1. The van der Waals surface area contributed by atoms with Gasteiger partial charge in [0.15, 0.2) is 4.91 Å². The van der Waals surface area contributed by atoms with E-state index in [0.29, 0.717) is 29.7 Å². The van der Waals surface area contributed by atoms with Gasteiger partial charge in [-0.15, -0.1) is 0 Å². The molecule has 0 bridgehead atoms. The number of anilines is 2. The largest absolute Gasteiger partial charge is 0.338 e. The molecule has 7 heteroatoms. The van der Waals surface area contributed by atoms with Gasteiger partial charge in [-0.1, -0.05) is 30.7 Å². The first-order chi connectivity index (χ1) is 13.4. The normalized spacial score (nSPS) is 19.1. The van der Waals surface area contributed by atoms with Gasteiger partial charge in [0.05, 0.1) is 10.6 Å². The zero-order valence-corrected chi connectivity index (χ0v) is 17.1. The van der Waals surface area contributed by atoms with Crippen molar-refractivity contribution in [1.29, 1.82) is 0 Å². The molecule has 0 saturated carbocycles. The maximum Gasteiger partial charge on any atom is 0.267 e. The van der Waals surface area contributed by atoms with Gasteiger partial charge in [0, 0.05) is 30.0 Å². The Balaban J connectivity index is 1.80. The van der Waals surface area contributed by atoms with Gasteiger partial charge in [-0.3, -0.25) is 4.79 Å². The van der Waals surface area contributed by atoms with E-state index < -0.39 is 15.7 Å². The highest BCUT2D eigenvalue weighted by atomic mass is 35.5. The lowest BCUT2D eigenvalue weighted by molar-refractivity contribution is -0.127. The van der Waals surface area contributed by atoms with Crippen molar-refractivity contribution in [3.63, 3.8) is 0 Å². The Labute approximate surface area is 170 Å². The molecule has 5 nitrogen and oxygen atoms in total. The molecular weight excluding hydrogens is 396 g/mol. The molecule has 2 aromatic rings. The minimum atomic E-state index is -3.89. The van der Waals surface area contributed by atoms with Gasteiger partial charge in [-0.2, -0.15) is 0 Å². The number of halogens is 1. The molecule has 0 radical (unpaired) electrons. The van der Waals surface area contributed by atoms with E-state index in [9.17, 15) is 13.2 Å². The van der Waals surface area contributed by atoms with E-state index in [1.54, 1.807) is 58.3 Å². The third kappa shape index (κ3) is 3.31. The fraction of sp³-hybridized carbons (Fsp3) is 0.286. The van der Waals surface area contributed by atoms with Crippen LogP contribution >= 0.6 is 11.6 Å². The lowest BCUT2D eigenvalue weighted by Crippen LogP contribution is -2.41. The van der Waals surface area contributed by atoms with Crippen molar-refractivity contribution in [1.82, 2.24) is 4.90 Å². The minimum absolute atomic E-state index is 0.140. The van der Waals surface area contributed by atoms with Gasteiger partial charge < -0.3 is 9.80 Å². The number of benzene rings is 2. The number of likely N-dealkylation sites (tertiary alicyclic amines) is 1. The molecule has 1 fully saturated rings. The molecular formula is C21H21ClN2O3S. The number of piperidine rings is 1. The van der Waals surface area contributed by atoms with Gasteiger partial charge in [0.2, 0.25) is 9.84 Å². The van der Waals surface area contributed by atoms with Crippen molar-refractivity contribution in [3.05, 3.63) is 64.7 Å². The number of hydrogen-bond acceptors (Lipinski definition) is 4. The molecule has 2 heterocycles. The van der Waals surface area contributed by atoms with Crippen LogP contribution in [0, 0.1) is 5.92 Å². The molecule has 0 N–H and O–H groups in total. The van der Waals surface area contributed by atoms with Crippen LogP contribution in [0.25, 0.3) is 0 Å². The summed E-state index contributed by atoms with van der Waals surface area (Å²) in [5, 5.41) is 0.587. The number of carbonyl (C=O) groups is 1. The highest BCUT2D eigenvalue weighted by molar-refractivity contribution is 7.96. The summed E-state index contributed by atoms with van der Waals surface area (Å²) >= 11 is 6.00. The summed E-state index contributed by atoms with van der Waals surface area (Å²) in [6.07, 6.45) is 3.22. The van der Waals surface area contributed by atoms with Crippen molar-refractivity contribution in [2.45, 2.75) is 24.7 Å². The Morgan fingerprint density at radius 1 is 1.04 bits per heavy atom. The van der Waals surface area contributed by atoms with Crippen molar-refractivity contribution in [2.24, 2.45) is 5.92 Å². The van der Waals surface area contributed by atoms with E-state index >= 15 is 0 Å². The van der Waals surface area contributed by atoms with Crippen LogP contribution in [0.1, 0.15) is 19.8 Å². The number of sulfone groups is 1. The Bertz CT molecular complexity index is 1040. The molecule has 0 spiro atoms. The summed E-state index contributed by atoms with van der Waals surface area (Å²) in [5.74, 6) is 0.118. The molecule has 0 aromatic heterocycles. The van der Waals surface area contributed by atoms with Crippen LogP contribution in [0.15, 0.2) is 64.5 Å². The molecule has 0 aliphatic carbocycles. The Morgan fingerprint density at radius 3 is 2.36 bits per heavy atom. The van der Waals surface area contributed by atoms with Crippen LogP contribution in [0.4, 0.5) is 11.4 Å². The zero-order valence-electron chi connectivity index (χ0n) is 15.5. The molecule has 0 atom stereocenters. The molecule has 146 valence electrons. The fourth-order valence-electron chi connectivity index (χ4n) is 3.61. The predicted octanol–water partition coefficient (Wildman–Crippen LogP) is 4.37. The smallest absolute Gasteiger partial charge is 0.267 e. The van der Waals surface area contributed by atoms with E-state index in [1.807, 2.05) is 0 Å². The molecule has 2 aliphatic heterocycles. The van der Waals surface area contributed by atoms with Crippen LogP contribution < -0.4 is 4.90 Å². The van der Waals surface area contributed by atoms with Crippen molar-refractivity contribution >= 4 is 38.7 Å². The summed E-state index contributed by atoms with van der Waals surface area (Å²) in [5.41, 5.74) is 1.26. The average Bonchev–Trinajstić information content (AvgIpc) is 2.69. The first-order valence-corrected chi connectivity index (χ1v) is 11.1. The maximum absolute atomic E-state index is 13.2. The van der Waals surface area contributed by atoms with Gasteiger partial charge in [-0.05, 0) is 55.2 Å². The highest BCUT2D eigenvalue weighted by Crippen LogP contribution is 2.40. The number of para-hydroxylation sites is 1. The van der Waals surface area contributed by atoms with Crippen LogP contribution in [-0.4, -0.2) is 32.3 Å². The van der Waals surface area contributed by atoms with E-state index in [1.165, 1.54) is 6.20 Å². The van der Waals surface area contributed by atoms with Crippen molar-refractivity contribution < 1.29 is 13.2 Å². The quantitative estimate of drug-likeness (QED) is 0.729. The fourth-order valence-corrected chi connectivity index (χ4v) is 5.28. The third-order valence-corrected chi connectivity index (χ3v) is 7.37. The molecule has 2 aliphatic rings. The first kappa shape index (κ1) is 19.0. The van der Waals surface area contributed by atoms with Gasteiger partial charge >= 0.3 is 0 Å². The van der Waals surface area contributed by atoms with E-state index in [0.717, 1.165) is 18.5 Å². The van der Waals surface area contributed by atoms with Crippen LogP contribution in [0.3, 0.4) is 0 Å². The van der Waals surface area contributed by atoms with Crippen LogP contribution in [0.2, 0.25) is 5.02 Å². The van der Waals surface area contributed by atoms with Crippen molar-refractivity contribution in [2.75, 3.05) is 18.0 Å². The lowest BCUT2D eigenvalue weighted by Gasteiger charge is -2.33. The Kier molecular flexibility index (Phi) is 4.93. The lowest BCUT2D eigenvalue weighted by atomic mass is 9.99. The van der Waals surface area contributed by atoms with Crippen LogP contribution in [0.5, 0.6) is 0 Å². The Hall–Kier alpha value is -2.31. The zero-order chi connectivity index (χ0) is 19.9. The monoisotopic (exact) mass is 416 g/mol. The Morgan fingerprint density at radius 2 is 1.68 bits per heavy atom. The number of nitrogens with zero attached hydrogens (tertiary/aromatic N) is 2. The first-order valence-electron chi connectivity index (χ1n) is 9.28. The highest BCUT2D eigenvalue weighted by Gasteiger charge is 2.38. The van der Waals surface area contributed by atoms with E-state index in [-0.39, 0.29) is 9.80 Å². The molecule has 1 amide bonds. The molecule has 0 unspecified atom stereocenters. The summed E-state index contributed by atoms with van der Waals surface area (Å²) < 4.78 is 26.4. The molecule has 2 aromatic carbocycles. The molecule has 1 saturated heterocycles. The standard InChI is InChI=1S/C21H21ClN2O3S/c1-15-10-12-23(13-11-15)21(25)20-14-24(17-8-6-16(22)7-9-17)18-4-2-3-5-19(18)28(20,26)27/h2-9,14-15H,10-13H2,1H3. The number of rotatable bonds is 2. The average molecular weight is 417 g/mol. The van der Waals surface area contributed by atoms with E-state index in [2.05, 4.69) is 6.92 Å². The topological polar surface area (TPSA) is 57.7 Å². The van der Waals surface area contributed by atoms with Gasteiger partial charge in [0.25, 0.3) is 5.91 Å². The molecule has 28 heavy (non-hydrogen) atoms. The van der Waals surface area contributed by atoms with Gasteiger partial charge in [0.1, 0.15) is 0 Å². The van der Waals surface area contributed by atoms with Crippen molar-refractivity contribution in [3.8, 4) is 0 Å². The summed E-state index contributed by atoms with van der Waals surface area (Å²) in [4.78, 5) is 16.5. The predicted molar refractivity (Wildman–Crippen MR) is 110 cm³/mol. The number of hydrogen-bond donors (Lipinski definition) is 0. The minimum Gasteiger partial charge on any atom is -0.338 e. The number of fused-ring (bicyclic) bond motifs is 1. The van der Waals surface area contributed by atoms with Gasteiger partial charge in [-0.25, -0.2) is 8.42 Å². The second-order valence-electron chi connectivity index (χ2n) is 7.29.